The van der Waals surface area contributed by atoms with Crippen LogP contribution in [0.1, 0.15) is 263 Å². The summed E-state index contributed by atoms with van der Waals surface area (Å²) in [6.07, 6.45) is 47.7. The van der Waals surface area contributed by atoms with Crippen LogP contribution in [0.5, 0.6) is 5.75 Å². The molecule has 392 valence electrons. The van der Waals surface area contributed by atoms with Gasteiger partial charge in [-0.3, -0.25) is 0 Å². The first-order chi connectivity index (χ1) is 33.6. The fourth-order valence-electron chi connectivity index (χ4n) is 10.7. The molecule has 0 unspecified atom stereocenters. The minimum atomic E-state index is -2.59. The SMILES string of the molecule is CCCCCCCCCCCCCCCC1(CCCCCCCCCCCCCCC)Oc2cc(C)sc2-c2s[c]([Sn]([CH2]CCC)([CH2]CCC)[CH2]CCC)cc21.Fc1c(F)c(Br)c2nsnc2c1Br. The van der Waals surface area contributed by atoms with Crippen LogP contribution in [0.25, 0.3) is 20.8 Å². The van der Waals surface area contributed by atoms with Crippen LogP contribution >= 0.6 is 66.3 Å². The van der Waals surface area contributed by atoms with E-state index in [0.717, 1.165) is 11.7 Å². The number of rotatable bonds is 38. The molecule has 0 aliphatic carbocycles. The quantitative estimate of drug-likeness (QED) is 0.0194. The van der Waals surface area contributed by atoms with Crippen molar-refractivity contribution in [1.82, 2.24) is 8.75 Å². The van der Waals surface area contributed by atoms with Crippen molar-refractivity contribution in [2.45, 2.75) is 279 Å². The molecule has 69 heavy (non-hydrogen) atoms. The summed E-state index contributed by atoms with van der Waals surface area (Å²) in [6.45, 7) is 14.3. The van der Waals surface area contributed by atoms with Crippen molar-refractivity contribution in [3.05, 3.63) is 43.2 Å². The molecule has 0 saturated heterocycles. The number of nitrogens with zero attached hydrogens (tertiary/aromatic N) is 2. The molecule has 0 N–H and O–H groups in total. The predicted octanol–water partition coefficient (Wildman–Crippen LogP) is 22.9. The van der Waals surface area contributed by atoms with Crippen LogP contribution in [0.4, 0.5) is 8.78 Å². The fourth-order valence-corrected chi connectivity index (χ4v) is 33.8. The molecule has 0 saturated carbocycles. The van der Waals surface area contributed by atoms with Crippen molar-refractivity contribution >= 4 is 98.6 Å². The van der Waals surface area contributed by atoms with Crippen LogP contribution in [0, 0.1) is 18.6 Å². The molecule has 3 aromatic heterocycles. The van der Waals surface area contributed by atoms with Crippen molar-refractivity contribution in [1.29, 1.82) is 0 Å². The van der Waals surface area contributed by atoms with Gasteiger partial charge in [0.15, 0.2) is 11.6 Å². The van der Waals surface area contributed by atoms with Gasteiger partial charge in [0.1, 0.15) is 11.0 Å². The van der Waals surface area contributed by atoms with Gasteiger partial charge >= 0.3 is 275 Å². The number of aromatic nitrogens is 2. The third-order valence-corrected chi connectivity index (χ3v) is 37.5. The first-order valence-corrected chi connectivity index (χ1v) is 39.9. The van der Waals surface area contributed by atoms with Crippen molar-refractivity contribution < 1.29 is 13.5 Å². The summed E-state index contributed by atoms with van der Waals surface area (Å²) in [5, 5.41) is 0. The van der Waals surface area contributed by atoms with E-state index < -0.39 is 30.0 Å². The Labute approximate surface area is 454 Å². The number of fused-ring (bicyclic) bond motifs is 4. The van der Waals surface area contributed by atoms with Crippen molar-refractivity contribution in [2.75, 3.05) is 0 Å². The van der Waals surface area contributed by atoms with E-state index in [1.54, 1.807) is 23.8 Å². The number of hydrogen-bond donors (Lipinski definition) is 0. The first kappa shape index (κ1) is 61.4. The second-order valence-electron chi connectivity index (χ2n) is 20.8. The zero-order chi connectivity index (χ0) is 49.7. The summed E-state index contributed by atoms with van der Waals surface area (Å²) in [6, 6.07) is 5.27. The van der Waals surface area contributed by atoms with Crippen molar-refractivity contribution in [2.24, 2.45) is 0 Å². The van der Waals surface area contributed by atoms with Crippen LogP contribution in [0.2, 0.25) is 13.3 Å². The number of benzene rings is 1. The molecule has 0 spiro atoms. The normalized spacial score (nSPS) is 13.1. The maximum atomic E-state index is 13.1. The summed E-state index contributed by atoms with van der Waals surface area (Å²) < 4.78 is 47.9. The maximum absolute atomic E-state index is 13.1. The Morgan fingerprint density at radius 2 is 0.855 bits per heavy atom. The van der Waals surface area contributed by atoms with Crippen molar-refractivity contribution in [3.8, 4) is 15.5 Å². The number of thiophene rings is 2. The Morgan fingerprint density at radius 1 is 0.493 bits per heavy atom. The van der Waals surface area contributed by atoms with E-state index in [-0.39, 0.29) is 14.5 Å². The number of ether oxygens (including phenoxy) is 1. The standard InChI is InChI=1S/C40H67OS2.C6Br2F2N2S.3C4H9.Sn/c1-4-6-8-10-12-14-16-18-20-22-24-26-28-31-40(32-29-27-25-23-21-19-17-15-13-11-9-7-5-2)36-30-33-42-38(36)39-37(41-40)34-35(3)43-39;7-1-3(9)4(10)2(8)6-5(1)11-13-12-6;3*1-3-4-2;/h30,34H,4-29,31-32H2,1-3H3;;3*1,3-4H2,2H3;. The van der Waals surface area contributed by atoms with Gasteiger partial charge in [-0.15, -0.1) is 0 Å². The molecule has 4 heterocycles. The predicted molar refractivity (Wildman–Crippen MR) is 313 cm³/mol. The Hall–Kier alpha value is -0.141. The van der Waals surface area contributed by atoms with Crippen molar-refractivity contribution in [3.63, 3.8) is 0 Å². The third kappa shape index (κ3) is 19.8. The summed E-state index contributed by atoms with van der Waals surface area (Å²) in [7, 11) is 0. The summed E-state index contributed by atoms with van der Waals surface area (Å²) in [5.41, 5.74) is 2.18. The Bertz CT molecular complexity index is 1890. The maximum Gasteiger partial charge on any atom is 0.176 e. The van der Waals surface area contributed by atoms with Gasteiger partial charge in [-0.1, -0.05) is 90.9 Å². The largest absolute Gasteiger partial charge is 0.202 e. The fraction of sp³-hybridized carbons (Fsp3) is 0.759. The molecule has 0 atom stereocenters. The van der Waals surface area contributed by atoms with E-state index >= 15 is 0 Å². The summed E-state index contributed by atoms with van der Waals surface area (Å²) in [4.78, 5) is 4.54. The summed E-state index contributed by atoms with van der Waals surface area (Å²) in [5.74, 6) is -0.673. The Balaban J connectivity index is 0.000000678. The number of unbranched alkanes of at least 4 members (excludes halogenated alkanes) is 27. The molecule has 1 aliphatic rings. The van der Waals surface area contributed by atoms with Gasteiger partial charge in [0.25, 0.3) is 0 Å². The number of aryl methyl sites for hydroxylation is 1. The molecule has 0 amide bonds. The zero-order valence-corrected chi connectivity index (χ0v) is 52.8. The van der Waals surface area contributed by atoms with Gasteiger partial charge in [0.2, 0.25) is 0 Å². The molecule has 5 rings (SSSR count). The molecule has 11 heteroatoms. The Morgan fingerprint density at radius 3 is 1.23 bits per heavy atom. The second kappa shape index (κ2) is 35.2. The van der Waals surface area contributed by atoms with E-state index in [1.165, 1.54) is 234 Å². The molecule has 0 fully saturated rings. The van der Waals surface area contributed by atoms with Crippen LogP contribution in [-0.4, -0.2) is 27.1 Å². The third-order valence-electron chi connectivity index (χ3n) is 15.0. The van der Waals surface area contributed by atoms with Gasteiger partial charge in [-0.05, 0) is 31.9 Å². The molecule has 4 aromatic rings. The Kier molecular flexibility index (Phi) is 31.3. The van der Waals surface area contributed by atoms with E-state index in [2.05, 4.69) is 106 Å². The molecule has 0 bridgehead atoms. The topological polar surface area (TPSA) is 35.0 Å². The molecular formula is C58H94Br2F2N2OS3Sn. The minimum absolute atomic E-state index is 0.0111. The summed E-state index contributed by atoms with van der Waals surface area (Å²) >= 11 is 8.46. The minimum Gasteiger partial charge on any atom is -0.202 e. The van der Waals surface area contributed by atoms with E-state index in [0.29, 0.717) is 11.0 Å². The second-order valence-corrected chi connectivity index (χ2v) is 39.4. The zero-order valence-electron chi connectivity index (χ0n) is 44.4. The molecule has 0 radical (unpaired) electrons. The van der Waals surface area contributed by atoms with Gasteiger partial charge in [-0.25, -0.2) is 8.78 Å². The average Bonchev–Trinajstić information content (AvgIpc) is 4.13. The van der Waals surface area contributed by atoms with Gasteiger partial charge < -0.3 is 0 Å². The van der Waals surface area contributed by atoms with E-state index in [4.69, 9.17) is 4.74 Å². The van der Waals surface area contributed by atoms with Crippen LogP contribution in [-0.2, 0) is 5.60 Å². The first-order valence-electron chi connectivity index (χ1n) is 28.5. The van der Waals surface area contributed by atoms with Gasteiger partial charge in [0, 0.05) is 0 Å². The van der Waals surface area contributed by atoms with Crippen LogP contribution in [0.15, 0.2) is 21.1 Å². The van der Waals surface area contributed by atoms with Crippen LogP contribution < -0.4 is 7.63 Å². The van der Waals surface area contributed by atoms with Gasteiger partial charge in [-0.2, -0.15) is 8.75 Å². The number of hydrogen-bond acceptors (Lipinski definition) is 6. The van der Waals surface area contributed by atoms with E-state index in [9.17, 15) is 8.78 Å². The smallest absolute Gasteiger partial charge is 0.176 e. The van der Waals surface area contributed by atoms with E-state index in [1.807, 2.05) is 14.2 Å². The number of halogens is 4. The van der Waals surface area contributed by atoms with Gasteiger partial charge in [0.05, 0.1) is 20.7 Å². The molecule has 3 nitrogen and oxygen atoms in total. The average molecular weight is 1250 g/mol. The molecular weight excluding hydrogens is 1150 g/mol. The molecule has 1 aliphatic heterocycles. The van der Waals surface area contributed by atoms with Crippen LogP contribution in [0.3, 0.4) is 0 Å². The monoisotopic (exact) mass is 1250 g/mol. The molecule has 1 aromatic carbocycles.